The lowest BCUT2D eigenvalue weighted by Gasteiger charge is -2.39. The van der Waals surface area contributed by atoms with Gasteiger partial charge in [0.25, 0.3) is 0 Å². The molecule has 0 radical (unpaired) electrons. The van der Waals surface area contributed by atoms with E-state index in [4.69, 9.17) is 0 Å². The molecule has 0 spiro atoms. The minimum Gasteiger partial charge on any atom is -0.337 e. The maximum absolute atomic E-state index is 11.9. The first-order valence-corrected chi connectivity index (χ1v) is 6.57. The van der Waals surface area contributed by atoms with E-state index < -0.39 is 0 Å². The first-order chi connectivity index (χ1) is 7.54. The van der Waals surface area contributed by atoms with Crippen LogP contribution in [0.15, 0.2) is 0 Å². The lowest BCUT2D eigenvalue weighted by Crippen LogP contribution is -2.57. The van der Waals surface area contributed by atoms with Gasteiger partial charge < -0.3 is 10.2 Å². The number of piperazine rings is 1. The van der Waals surface area contributed by atoms with Gasteiger partial charge in [-0.15, -0.1) is 0 Å². The third kappa shape index (κ3) is 3.78. The van der Waals surface area contributed by atoms with Crippen LogP contribution < -0.4 is 5.32 Å². The second-order valence-corrected chi connectivity index (χ2v) is 5.38. The van der Waals surface area contributed by atoms with E-state index in [1.165, 1.54) is 0 Å². The van der Waals surface area contributed by atoms with Crippen LogP contribution in [0.3, 0.4) is 0 Å². The van der Waals surface area contributed by atoms with Crippen LogP contribution in [0.25, 0.3) is 0 Å². The Labute approximate surface area is 99.6 Å². The van der Waals surface area contributed by atoms with Gasteiger partial charge in [-0.25, -0.2) is 0 Å². The van der Waals surface area contributed by atoms with Crippen molar-refractivity contribution in [1.82, 2.24) is 10.2 Å². The minimum atomic E-state index is 0.324. The van der Waals surface area contributed by atoms with Crippen molar-refractivity contribution >= 4 is 5.91 Å². The van der Waals surface area contributed by atoms with E-state index in [1.54, 1.807) is 0 Å². The van der Waals surface area contributed by atoms with Crippen molar-refractivity contribution < 1.29 is 4.79 Å². The number of carbonyl (C=O) groups excluding carboxylic acids is 1. The van der Waals surface area contributed by atoms with Crippen LogP contribution >= 0.6 is 0 Å². The Hall–Kier alpha value is -0.570. The molecule has 2 unspecified atom stereocenters. The molecule has 94 valence electrons. The largest absolute Gasteiger partial charge is 0.337 e. The molecule has 1 aliphatic rings. The Bertz CT molecular complexity index is 228. The fraction of sp³-hybridized carbons (Fsp3) is 0.923. The molecule has 1 N–H and O–H groups in total. The summed E-state index contributed by atoms with van der Waals surface area (Å²) in [5.74, 6) is 1.01. The lowest BCUT2D eigenvalue weighted by molar-refractivity contribution is -0.134. The number of amides is 1. The Kier molecular flexibility index (Phi) is 5.26. The summed E-state index contributed by atoms with van der Waals surface area (Å²) in [7, 11) is 0. The van der Waals surface area contributed by atoms with Crippen molar-refractivity contribution in [2.24, 2.45) is 5.92 Å². The maximum Gasteiger partial charge on any atom is 0.222 e. The topological polar surface area (TPSA) is 32.3 Å². The Balaban J connectivity index is 2.51. The second kappa shape index (κ2) is 6.24. The summed E-state index contributed by atoms with van der Waals surface area (Å²) >= 11 is 0. The zero-order chi connectivity index (χ0) is 12.1. The highest BCUT2D eigenvalue weighted by molar-refractivity contribution is 5.76. The van der Waals surface area contributed by atoms with Crippen LogP contribution in [-0.4, -0.2) is 36.0 Å². The SMILES string of the molecule is CCCC(=O)N1CC(CC(C)C)NCC1C. The summed E-state index contributed by atoms with van der Waals surface area (Å²) in [5.41, 5.74) is 0. The number of carbonyl (C=O) groups is 1. The van der Waals surface area contributed by atoms with Gasteiger partial charge in [-0.2, -0.15) is 0 Å². The van der Waals surface area contributed by atoms with E-state index in [0.717, 1.165) is 25.9 Å². The fourth-order valence-corrected chi connectivity index (χ4v) is 2.36. The van der Waals surface area contributed by atoms with Crippen molar-refractivity contribution in [3.05, 3.63) is 0 Å². The number of nitrogens with one attached hydrogen (secondary N) is 1. The average Bonchev–Trinajstić information content (AvgIpc) is 2.20. The van der Waals surface area contributed by atoms with E-state index in [1.807, 2.05) is 0 Å². The summed E-state index contributed by atoms with van der Waals surface area (Å²) in [6.07, 6.45) is 2.80. The Morgan fingerprint density at radius 2 is 2.19 bits per heavy atom. The number of hydrogen-bond donors (Lipinski definition) is 1. The summed E-state index contributed by atoms with van der Waals surface area (Å²) in [6.45, 7) is 10.5. The lowest BCUT2D eigenvalue weighted by atomic mass is 10.00. The number of nitrogens with zero attached hydrogens (tertiary/aromatic N) is 1. The van der Waals surface area contributed by atoms with Gasteiger partial charge in [0.05, 0.1) is 0 Å². The molecule has 1 aliphatic heterocycles. The zero-order valence-electron chi connectivity index (χ0n) is 11.1. The van der Waals surface area contributed by atoms with Gasteiger partial charge in [0.15, 0.2) is 0 Å². The summed E-state index contributed by atoms with van der Waals surface area (Å²) < 4.78 is 0. The molecule has 2 atom stereocenters. The smallest absolute Gasteiger partial charge is 0.222 e. The third-order valence-corrected chi connectivity index (χ3v) is 3.19. The Morgan fingerprint density at radius 3 is 2.75 bits per heavy atom. The van der Waals surface area contributed by atoms with E-state index in [0.29, 0.717) is 30.3 Å². The monoisotopic (exact) mass is 226 g/mol. The van der Waals surface area contributed by atoms with Gasteiger partial charge >= 0.3 is 0 Å². The Morgan fingerprint density at radius 1 is 1.50 bits per heavy atom. The van der Waals surface area contributed by atoms with E-state index >= 15 is 0 Å². The standard InChI is InChI=1S/C13H26N2O/c1-5-6-13(16)15-9-12(7-10(2)3)14-8-11(15)4/h10-12,14H,5-9H2,1-4H3. The highest BCUT2D eigenvalue weighted by atomic mass is 16.2. The van der Waals surface area contributed by atoms with Gasteiger partial charge in [0.1, 0.15) is 0 Å². The molecule has 0 aliphatic carbocycles. The molecule has 0 aromatic rings. The highest BCUT2D eigenvalue weighted by Crippen LogP contribution is 2.14. The van der Waals surface area contributed by atoms with Gasteiger partial charge in [-0.3, -0.25) is 4.79 Å². The second-order valence-electron chi connectivity index (χ2n) is 5.38. The van der Waals surface area contributed by atoms with Gasteiger partial charge in [0, 0.05) is 31.6 Å². The van der Waals surface area contributed by atoms with Crippen LogP contribution in [0.5, 0.6) is 0 Å². The predicted octanol–water partition coefficient (Wildman–Crippen LogP) is 2.02. The van der Waals surface area contributed by atoms with Gasteiger partial charge in [-0.05, 0) is 25.7 Å². The first kappa shape index (κ1) is 13.5. The maximum atomic E-state index is 11.9. The number of hydrogen-bond acceptors (Lipinski definition) is 2. The minimum absolute atomic E-state index is 0.324. The van der Waals surface area contributed by atoms with Crippen molar-refractivity contribution in [2.45, 2.75) is 59.0 Å². The predicted molar refractivity (Wildman–Crippen MR) is 67.3 cm³/mol. The molecule has 1 rings (SSSR count). The molecular formula is C13H26N2O. The molecule has 1 heterocycles. The highest BCUT2D eigenvalue weighted by Gasteiger charge is 2.27. The quantitative estimate of drug-likeness (QED) is 0.795. The molecule has 0 bridgehead atoms. The first-order valence-electron chi connectivity index (χ1n) is 6.57. The molecule has 0 aromatic carbocycles. The zero-order valence-corrected chi connectivity index (χ0v) is 11.1. The van der Waals surface area contributed by atoms with Crippen LogP contribution in [0.2, 0.25) is 0 Å². The van der Waals surface area contributed by atoms with E-state index in [2.05, 4.69) is 37.9 Å². The van der Waals surface area contributed by atoms with Crippen molar-refractivity contribution in [2.75, 3.05) is 13.1 Å². The molecule has 0 aromatic heterocycles. The summed E-state index contributed by atoms with van der Waals surface area (Å²) in [5, 5.41) is 3.53. The normalized spacial score (nSPS) is 26.2. The van der Waals surface area contributed by atoms with Gasteiger partial charge in [-0.1, -0.05) is 20.8 Å². The van der Waals surface area contributed by atoms with Crippen LogP contribution in [0.4, 0.5) is 0 Å². The summed E-state index contributed by atoms with van der Waals surface area (Å²) in [4.78, 5) is 14.0. The molecule has 1 fully saturated rings. The number of rotatable bonds is 4. The van der Waals surface area contributed by atoms with Crippen molar-refractivity contribution in [1.29, 1.82) is 0 Å². The van der Waals surface area contributed by atoms with Crippen LogP contribution in [0.1, 0.15) is 47.0 Å². The molecule has 1 amide bonds. The van der Waals surface area contributed by atoms with Crippen molar-refractivity contribution in [3.63, 3.8) is 0 Å². The average molecular weight is 226 g/mol. The van der Waals surface area contributed by atoms with Crippen LogP contribution in [-0.2, 0) is 4.79 Å². The third-order valence-electron chi connectivity index (χ3n) is 3.19. The van der Waals surface area contributed by atoms with E-state index in [-0.39, 0.29) is 0 Å². The van der Waals surface area contributed by atoms with Crippen LogP contribution in [0, 0.1) is 5.92 Å². The molecule has 0 saturated carbocycles. The molecule has 1 saturated heterocycles. The molecule has 3 nitrogen and oxygen atoms in total. The van der Waals surface area contributed by atoms with Crippen molar-refractivity contribution in [3.8, 4) is 0 Å². The van der Waals surface area contributed by atoms with E-state index in [9.17, 15) is 4.79 Å². The van der Waals surface area contributed by atoms with Gasteiger partial charge in [0.2, 0.25) is 5.91 Å². The fourth-order valence-electron chi connectivity index (χ4n) is 2.36. The molecule has 16 heavy (non-hydrogen) atoms. The summed E-state index contributed by atoms with van der Waals surface area (Å²) in [6, 6.07) is 0.833. The molecule has 3 heteroatoms. The molecular weight excluding hydrogens is 200 g/mol.